The fourth-order valence-electron chi connectivity index (χ4n) is 2.01. The van der Waals surface area contributed by atoms with Gasteiger partial charge >= 0.3 is 12.0 Å². The topological polar surface area (TPSA) is 76.7 Å². The molecule has 0 radical (unpaired) electrons. The number of hydrogen-bond donors (Lipinski definition) is 2. The Bertz CT molecular complexity index is 722. The molecule has 2 amide bonds. The minimum atomic E-state index is -0.382. The lowest BCUT2D eigenvalue weighted by Gasteiger charge is -2.09. The van der Waals surface area contributed by atoms with E-state index >= 15 is 0 Å². The Labute approximate surface area is 154 Å². The van der Waals surface area contributed by atoms with Gasteiger partial charge in [0.2, 0.25) is 0 Å². The van der Waals surface area contributed by atoms with E-state index in [1.807, 2.05) is 30.3 Å². The molecule has 0 saturated heterocycles. The second-order valence-corrected chi connectivity index (χ2v) is 5.98. The number of benzene rings is 2. The summed E-state index contributed by atoms with van der Waals surface area (Å²) in [6.07, 6.45) is 0.0968. The van der Waals surface area contributed by atoms with Crippen molar-refractivity contribution in [3.8, 4) is 5.75 Å². The number of esters is 1. The first-order valence-corrected chi connectivity index (χ1v) is 8.45. The molecule has 0 aromatic heterocycles. The Balaban J connectivity index is 1.67. The highest BCUT2D eigenvalue weighted by Crippen LogP contribution is 2.25. The van der Waals surface area contributed by atoms with Gasteiger partial charge in [0.25, 0.3) is 0 Å². The van der Waals surface area contributed by atoms with Gasteiger partial charge in [-0.1, -0.05) is 24.3 Å². The maximum atomic E-state index is 11.7. The highest BCUT2D eigenvalue weighted by Gasteiger charge is 2.07. The third-order valence-electron chi connectivity index (χ3n) is 3.26. The van der Waals surface area contributed by atoms with Crippen molar-refractivity contribution in [1.82, 2.24) is 5.32 Å². The van der Waals surface area contributed by atoms with Crippen LogP contribution in [0.3, 0.4) is 0 Å². The molecule has 2 aromatic rings. The molecule has 0 atom stereocenters. The normalized spacial score (nSPS) is 10.0. The largest absolute Gasteiger partial charge is 0.496 e. The zero-order chi connectivity index (χ0) is 18.1. The molecule has 7 heteroatoms. The van der Waals surface area contributed by atoms with Gasteiger partial charge in [0.1, 0.15) is 12.4 Å². The van der Waals surface area contributed by atoms with Crippen LogP contribution in [0.4, 0.5) is 10.5 Å². The van der Waals surface area contributed by atoms with Crippen LogP contribution in [0, 0.1) is 0 Å². The van der Waals surface area contributed by atoms with Crippen molar-refractivity contribution in [2.45, 2.75) is 13.0 Å². The number of amides is 2. The first kappa shape index (κ1) is 18.8. The average molecular weight is 407 g/mol. The molecule has 6 nitrogen and oxygen atoms in total. The van der Waals surface area contributed by atoms with Crippen LogP contribution in [0.5, 0.6) is 5.75 Å². The van der Waals surface area contributed by atoms with Gasteiger partial charge in [-0.3, -0.25) is 4.79 Å². The fourth-order valence-corrected chi connectivity index (χ4v) is 2.60. The minimum Gasteiger partial charge on any atom is -0.496 e. The van der Waals surface area contributed by atoms with E-state index in [1.165, 1.54) is 0 Å². The number of nitrogens with one attached hydrogen (secondary N) is 2. The summed E-state index contributed by atoms with van der Waals surface area (Å²) in [4.78, 5) is 23.4. The van der Waals surface area contributed by atoms with E-state index in [0.29, 0.717) is 11.4 Å². The van der Waals surface area contributed by atoms with Gasteiger partial charge in [0, 0.05) is 12.2 Å². The highest BCUT2D eigenvalue weighted by atomic mass is 79.9. The molecule has 0 aliphatic heterocycles. The van der Waals surface area contributed by atoms with Gasteiger partial charge in [-0.2, -0.15) is 0 Å². The van der Waals surface area contributed by atoms with Crippen molar-refractivity contribution in [3.63, 3.8) is 0 Å². The Morgan fingerprint density at radius 1 is 1.12 bits per heavy atom. The van der Waals surface area contributed by atoms with E-state index in [0.717, 1.165) is 10.0 Å². The Morgan fingerprint density at radius 3 is 2.56 bits per heavy atom. The van der Waals surface area contributed by atoms with Crippen molar-refractivity contribution in [3.05, 3.63) is 58.6 Å². The number of ether oxygens (including phenoxy) is 2. The molecule has 2 aromatic carbocycles. The van der Waals surface area contributed by atoms with Crippen LogP contribution in [-0.2, 0) is 16.1 Å². The summed E-state index contributed by atoms with van der Waals surface area (Å²) in [6.45, 7) is 0.363. The first-order valence-electron chi connectivity index (χ1n) is 7.66. The second kappa shape index (κ2) is 9.68. The van der Waals surface area contributed by atoms with E-state index in [9.17, 15) is 9.59 Å². The number of carbonyl (C=O) groups is 2. The molecule has 0 unspecified atom stereocenters. The van der Waals surface area contributed by atoms with Gasteiger partial charge in [0.05, 0.1) is 18.0 Å². The van der Waals surface area contributed by atoms with E-state index < -0.39 is 0 Å². The molecule has 0 bridgehead atoms. The molecule has 0 spiro atoms. The lowest BCUT2D eigenvalue weighted by molar-refractivity contribution is -0.144. The van der Waals surface area contributed by atoms with Crippen molar-refractivity contribution in [2.75, 3.05) is 19.0 Å². The number of para-hydroxylation sites is 1. The van der Waals surface area contributed by atoms with E-state index in [4.69, 9.17) is 9.47 Å². The van der Waals surface area contributed by atoms with Crippen molar-refractivity contribution < 1.29 is 19.1 Å². The number of rotatable bonds is 7. The monoisotopic (exact) mass is 406 g/mol. The quantitative estimate of drug-likeness (QED) is 0.687. The zero-order valence-corrected chi connectivity index (χ0v) is 15.3. The zero-order valence-electron chi connectivity index (χ0n) is 13.8. The molecule has 0 heterocycles. The minimum absolute atomic E-state index is 0.0968. The molecular weight excluding hydrogens is 388 g/mol. The summed E-state index contributed by atoms with van der Waals surface area (Å²) in [5, 5.41) is 5.28. The van der Waals surface area contributed by atoms with Crippen LogP contribution in [0.2, 0.25) is 0 Å². The van der Waals surface area contributed by atoms with Gasteiger partial charge < -0.3 is 20.1 Å². The lowest BCUT2D eigenvalue weighted by Crippen LogP contribution is -2.30. The number of methoxy groups -OCH3 is 1. The predicted octanol–water partition coefficient (Wildman–Crippen LogP) is 3.71. The summed E-state index contributed by atoms with van der Waals surface area (Å²) in [5.74, 6) is 0.329. The van der Waals surface area contributed by atoms with Crippen LogP contribution < -0.4 is 15.4 Å². The highest BCUT2D eigenvalue weighted by molar-refractivity contribution is 9.10. The molecule has 2 rings (SSSR count). The maximum absolute atomic E-state index is 11.7. The molecule has 0 aliphatic rings. The summed E-state index contributed by atoms with van der Waals surface area (Å²) in [5.41, 5.74) is 1.53. The first-order chi connectivity index (χ1) is 12.1. The summed E-state index contributed by atoms with van der Waals surface area (Å²) in [6, 6.07) is 14.2. The molecule has 0 aliphatic carbocycles. The Kier molecular flexibility index (Phi) is 7.28. The third kappa shape index (κ3) is 6.46. The van der Waals surface area contributed by atoms with E-state index in [1.54, 1.807) is 25.3 Å². The Hall–Kier alpha value is -2.54. The van der Waals surface area contributed by atoms with Gasteiger partial charge in [-0.25, -0.2) is 4.79 Å². The number of carbonyl (C=O) groups excluding carboxylic acids is 2. The van der Waals surface area contributed by atoms with Gasteiger partial charge in [0.15, 0.2) is 0 Å². The predicted molar refractivity (Wildman–Crippen MR) is 98.6 cm³/mol. The van der Waals surface area contributed by atoms with Crippen LogP contribution >= 0.6 is 15.9 Å². The Morgan fingerprint density at radius 2 is 1.88 bits per heavy atom. The van der Waals surface area contributed by atoms with E-state index in [2.05, 4.69) is 26.6 Å². The molecule has 25 heavy (non-hydrogen) atoms. The number of halogens is 1. The van der Waals surface area contributed by atoms with Crippen LogP contribution in [-0.4, -0.2) is 25.7 Å². The van der Waals surface area contributed by atoms with Gasteiger partial charge in [-0.15, -0.1) is 0 Å². The second-order valence-electron chi connectivity index (χ2n) is 5.13. The molecule has 0 fully saturated rings. The number of anilines is 1. The van der Waals surface area contributed by atoms with E-state index in [-0.39, 0.29) is 31.6 Å². The molecule has 132 valence electrons. The maximum Gasteiger partial charge on any atom is 0.319 e. The smallest absolute Gasteiger partial charge is 0.319 e. The van der Waals surface area contributed by atoms with Crippen LogP contribution in [0.25, 0.3) is 0 Å². The average Bonchev–Trinajstić information content (AvgIpc) is 2.61. The molecule has 0 saturated carbocycles. The standard InChI is InChI=1S/C18H19BrN2O4/c1-24-16-8-7-13(11-15(16)19)12-25-17(22)9-10-20-18(23)21-14-5-3-2-4-6-14/h2-8,11H,9-10,12H2,1H3,(H2,20,21,23). The van der Waals surface area contributed by atoms with Gasteiger partial charge in [-0.05, 0) is 45.8 Å². The SMILES string of the molecule is COc1ccc(COC(=O)CCNC(=O)Nc2ccccc2)cc1Br. The summed E-state index contributed by atoms with van der Waals surface area (Å²) in [7, 11) is 1.58. The fraction of sp³-hybridized carbons (Fsp3) is 0.222. The third-order valence-corrected chi connectivity index (χ3v) is 3.88. The summed E-state index contributed by atoms with van der Waals surface area (Å²) < 4.78 is 11.1. The number of urea groups is 1. The molecular formula is C18H19BrN2O4. The van der Waals surface area contributed by atoms with Crippen LogP contribution in [0.1, 0.15) is 12.0 Å². The molecule has 2 N–H and O–H groups in total. The summed E-state index contributed by atoms with van der Waals surface area (Å²) >= 11 is 3.38. The van der Waals surface area contributed by atoms with Crippen molar-refractivity contribution in [2.24, 2.45) is 0 Å². The number of hydrogen-bond acceptors (Lipinski definition) is 4. The lowest BCUT2D eigenvalue weighted by atomic mass is 10.2. The van der Waals surface area contributed by atoms with Crippen molar-refractivity contribution >= 4 is 33.6 Å². The van der Waals surface area contributed by atoms with Crippen LogP contribution in [0.15, 0.2) is 53.0 Å². The van der Waals surface area contributed by atoms with Crippen molar-refractivity contribution in [1.29, 1.82) is 0 Å².